The molecular weight excluding hydrogens is 283 g/mol. The normalized spacial score (nSPS) is 21.9. The first kappa shape index (κ1) is 14.8. The summed E-state index contributed by atoms with van der Waals surface area (Å²) < 4.78 is 18.6. The molecule has 20 heavy (non-hydrogen) atoms. The standard InChI is InChI=1S/C13H17FN2O3S/c1-9-3-6-20-10(9)7-15-12(18)16-5-4-13(14,8-16)11(17)19-2/h3,6H,4-5,7-8H2,1-2H3,(H,15,18). The Kier molecular flexibility index (Phi) is 4.27. The van der Waals surface area contributed by atoms with E-state index in [0.717, 1.165) is 17.6 Å². The number of hydrogen-bond donors (Lipinski definition) is 1. The number of carbonyl (C=O) groups is 2. The lowest BCUT2D eigenvalue weighted by Gasteiger charge is -2.19. The summed E-state index contributed by atoms with van der Waals surface area (Å²) in [5, 5.41) is 4.70. The molecule has 0 aromatic carbocycles. The van der Waals surface area contributed by atoms with Gasteiger partial charge in [0.1, 0.15) is 0 Å². The van der Waals surface area contributed by atoms with Crippen LogP contribution in [0.25, 0.3) is 0 Å². The molecule has 2 rings (SSSR count). The molecule has 0 bridgehead atoms. The van der Waals surface area contributed by atoms with Gasteiger partial charge in [-0.3, -0.25) is 0 Å². The van der Waals surface area contributed by atoms with Crippen molar-refractivity contribution in [3.8, 4) is 0 Å². The highest BCUT2D eigenvalue weighted by Crippen LogP contribution is 2.27. The topological polar surface area (TPSA) is 58.6 Å². The fourth-order valence-electron chi connectivity index (χ4n) is 2.15. The minimum atomic E-state index is -2.08. The highest BCUT2D eigenvalue weighted by Gasteiger charge is 2.47. The van der Waals surface area contributed by atoms with Gasteiger partial charge in [0.05, 0.1) is 20.2 Å². The number of thiophene rings is 1. The van der Waals surface area contributed by atoms with E-state index in [1.54, 1.807) is 11.3 Å². The van der Waals surface area contributed by atoms with E-state index < -0.39 is 11.6 Å². The number of nitrogens with one attached hydrogen (secondary N) is 1. The number of urea groups is 1. The fraction of sp³-hybridized carbons (Fsp3) is 0.538. The second kappa shape index (κ2) is 5.78. The number of esters is 1. The molecule has 1 saturated heterocycles. The molecule has 0 saturated carbocycles. The van der Waals surface area contributed by atoms with Crippen molar-refractivity contribution in [1.82, 2.24) is 10.2 Å². The zero-order valence-corrected chi connectivity index (χ0v) is 12.3. The van der Waals surface area contributed by atoms with E-state index in [2.05, 4.69) is 10.1 Å². The molecule has 1 aliphatic rings. The Bertz CT molecular complexity index is 519. The van der Waals surface area contributed by atoms with Gasteiger partial charge in [-0.1, -0.05) is 0 Å². The molecule has 0 aliphatic carbocycles. The SMILES string of the molecule is COC(=O)C1(F)CCN(C(=O)NCc2sccc2C)C1. The molecule has 0 spiro atoms. The Labute approximate surface area is 120 Å². The van der Waals surface area contributed by atoms with Gasteiger partial charge >= 0.3 is 12.0 Å². The number of nitrogens with zero attached hydrogens (tertiary/aromatic N) is 1. The number of alkyl halides is 1. The largest absolute Gasteiger partial charge is 0.467 e. The van der Waals surface area contributed by atoms with E-state index in [9.17, 15) is 14.0 Å². The first-order valence-corrected chi connectivity index (χ1v) is 7.17. The molecule has 0 radical (unpaired) electrons. The van der Waals surface area contributed by atoms with Gasteiger partial charge in [0.2, 0.25) is 5.67 Å². The molecule has 1 atom stereocenters. The van der Waals surface area contributed by atoms with E-state index in [-0.39, 0.29) is 25.5 Å². The van der Waals surface area contributed by atoms with Crippen molar-refractivity contribution < 1.29 is 18.7 Å². The van der Waals surface area contributed by atoms with Crippen LogP contribution in [-0.2, 0) is 16.1 Å². The van der Waals surface area contributed by atoms with Crippen molar-refractivity contribution in [2.45, 2.75) is 25.6 Å². The summed E-state index contributed by atoms with van der Waals surface area (Å²) in [4.78, 5) is 25.7. The van der Waals surface area contributed by atoms with E-state index in [1.165, 1.54) is 4.90 Å². The van der Waals surface area contributed by atoms with Crippen molar-refractivity contribution in [3.05, 3.63) is 21.9 Å². The molecule has 2 heterocycles. The molecule has 1 unspecified atom stereocenters. The molecule has 2 amide bonds. The van der Waals surface area contributed by atoms with Gasteiger partial charge < -0.3 is 15.0 Å². The van der Waals surface area contributed by atoms with Crippen LogP contribution in [0.1, 0.15) is 16.9 Å². The first-order chi connectivity index (χ1) is 9.46. The highest BCUT2D eigenvalue weighted by molar-refractivity contribution is 7.10. The number of aryl methyl sites for hydroxylation is 1. The van der Waals surface area contributed by atoms with Gasteiger partial charge in [-0.2, -0.15) is 0 Å². The molecule has 1 aromatic heterocycles. The maximum Gasteiger partial charge on any atom is 0.345 e. The lowest BCUT2D eigenvalue weighted by atomic mass is 10.1. The predicted octanol–water partition coefficient (Wildman–Crippen LogP) is 1.85. The number of rotatable bonds is 3. The number of ether oxygens (including phenoxy) is 1. The third kappa shape index (κ3) is 2.92. The predicted molar refractivity (Wildman–Crippen MR) is 73.3 cm³/mol. The van der Waals surface area contributed by atoms with E-state index in [0.29, 0.717) is 6.54 Å². The quantitative estimate of drug-likeness (QED) is 0.867. The number of amides is 2. The van der Waals surface area contributed by atoms with E-state index >= 15 is 0 Å². The smallest absolute Gasteiger partial charge is 0.345 e. The second-order valence-corrected chi connectivity index (χ2v) is 5.81. The second-order valence-electron chi connectivity index (χ2n) is 4.81. The third-order valence-electron chi connectivity index (χ3n) is 3.43. The van der Waals surface area contributed by atoms with E-state index in [4.69, 9.17) is 0 Å². The lowest BCUT2D eigenvalue weighted by molar-refractivity contribution is -0.153. The number of halogens is 1. The zero-order chi connectivity index (χ0) is 14.8. The lowest BCUT2D eigenvalue weighted by Crippen LogP contribution is -2.43. The van der Waals surface area contributed by atoms with Crippen molar-refractivity contribution in [2.24, 2.45) is 0 Å². The average molecular weight is 300 g/mol. The molecule has 1 aliphatic heterocycles. The van der Waals surface area contributed by atoms with Gasteiger partial charge in [-0.25, -0.2) is 14.0 Å². The van der Waals surface area contributed by atoms with Crippen LogP contribution >= 0.6 is 11.3 Å². The van der Waals surface area contributed by atoms with Crippen molar-refractivity contribution in [1.29, 1.82) is 0 Å². The Balaban J connectivity index is 1.89. The fourth-order valence-corrected chi connectivity index (χ4v) is 2.99. The molecule has 7 heteroatoms. The van der Waals surface area contributed by atoms with Crippen LogP contribution in [0.4, 0.5) is 9.18 Å². The summed E-state index contributed by atoms with van der Waals surface area (Å²) in [6.45, 7) is 2.34. The summed E-state index contributed by atoms with van der Waals surface area (Å²) in [7, 11) is 1.14. The Morgan fingerprint density at radius 1 is 1.60 bits per heavy atom. The molecule has 5 nitrogen and oxygen atoms in total. The van der Waals surface area contributed by atoms with Crippen LogP contribution in [-0.4, -0.2) is 42.8 Å². The van der Waals surface area contributed by atoms with Crippen molar-refractivity contribution in [3.63, 3.8) is 0 Å². The van der Waals surface area contributed by atoms with Crippen LogP contribution < -0.4 is 5.32 Å². The average Bonchev–Trinajstić information content (AvgIpc) is 3.02. The maximum absolute atomic E-state index is 14.2. The minimum absolute atomic E-state index is 0.0227. The van der Waals surface area contributed by atoms with Crippen molar-refractivity contribution in [2.75, 3.05) is 20.2 Å². The van der Waals surface area contributed by atoms with Gasteiger partial charge in [0.15, 0.2) is 0 Å². The van der Waals surface area contributed by atoms with Crippen LogP contribution in [0.3, 0.4) is 0 Å². The van der Waals surface area contributed by atoms with Crippen LogP contribution in [0.5, 0.6) is 0 Å². The summed E-state index contributed by atoms with van der Waals surface area (Å²) in [5.41, 5.74) is -0.962. The molecule has 1 fully saturated rings. The molecular formula is C13H17FN2O3S. The van der Waals surface area contributed by atoms with Gasteiger partial charge in [0, 0.05) is 17.8 Å². The number of methoxy groups -OCH3 is 1. The summed E-state index contributed by atoms with van der Waals surface area (Å²) >= 11 is 1.56. The van der Waals surface area contributed by atoms with E-state index in [1.807, 2.05) is 18.4 Å². The molecule has 110 valence electrons. The van der Waals surface area contributed by atoms with Gasteiger partial charge in [-0.15, -0.1) is 11.3 Å². The molecule has 1 aromatic rings. The monoisotopic (exact) mass is 300 g/mol. The van der Waals surface area contributed by atoms with Gasteiger partial charge in [-0.05, 0) is 23.9 Å². The summed E-state index contributed by atoms with van der Waals surface area (Å²) in [5.74, 6) is -0.915. The maximum atomic E-state index is 14.2. The Morgan fingerprint density at radius 2 is 2.35 bits per heavy atom. The number of carbonyl (C=O) groups excluding carboxylic acids is 2. The summed E-state index contributed by atoms with van der Waals surface area (Å²) in [6.07, 6.45) is -0.0227. The van der Waals surface area contributed by atoms with Gasteiger partial charge in [0.25, 0.3) is 0 Å². The zero-order valence-electron chi connectivity index (χ0n) is 11.4. The van der Waals surface area contributed by atoms with Crippen LogP contribution in [0.2, 0.25) is 0 Å². The van der Waals surface area contributed by atoms with Crippen LogP contribution in [0.15, 0.2) is 11.4 Å². The Hall–Kier alpha value is -1.63. The highest BCUT2D eigenvalue weighted by atomic mass is 32.1. The minimum Gasteiger partial charge on any atom is -0.467 e. The Morgan fingerprint density at radius 3 is 2.95 bits per heavy atom. The third-order valence-corrected chi connectivity index (χ3v) is 4.45. The van der Waals surface area contributed by atoms with Crippen LogP contribution in [0, 0.1) is 6.92 Å². The first-order valence-electron chi connectivity index (χ1n) is 6.29. The number of likely N-dealkylation sites (tertiary alicyclic amines) is 1. The van der Waals surface area contributed by atoms with Crippen molar-refractivity contribution >= 4 is 23.3 Å². The number of hydrogen-bond acceptors (Lipinski definition) is 4. The summed E-state index contributed by atoms with van der Waals surface area (Å²) in [6, 6.07) is 1.62. The molecule has 1 N–H and O–H groups in total.